The molecule has 1 amide bonds. The predicted molar refractivity (Wildman–Crippen MR) is 74.0 cm³/mol. The lowest BCUT2D eigenvalue weighted by Gasteiger charge is -2.30. The van der Waals surface area contributed by atoms with E-state index in [0.29, 0.717) is 12.0 Å². The summed E-state index contributed by atoms with van der Waals surface area (Å²) < 4.78 is 0. The summed E-state index contributed by atoms with van der Waals surface area (Å²) in [5, 5.41) is 3.16. The van der Waals surface area contributed by atoms with Crippen molar-refractivity contribution in [1.82, 2.24) is 5.32 Å². The lowest BCUT2D eigenvalue weighted by molar-refractivity contribution is -0.124. The van der Waals surface area contributed by atoms with E-state index in [1.807, 2.05) is 6.92 Å². The molecule has 2 rings (SSSR count). The first-order valence-electron chi connectivity index (χ1n) is 7.58. The summed E-state index contributed by atoms with van der Waals surface area (Å²) >= 11 is 0. The van der Waals surface area contributed by atoms with Gasteiger partial charge in [0.2, 0.25) is 5.91 Å². The molecular formula is C15H28N2O. The summed E-state index contributed by atoms with van der Waals surface area (Å²) in [6.07, 6.45) is 6.44. The van der Waals surface area contributed by atoms with Crippen molar-refractivity contribution in [3.8, 4) is 0 Å². The van der Waals surface area contributed by atoms with Gasteiger partial charge in [0.1, 0.15) is 0 Å². The Bertz CT molecular complexity index is 305. The second-order valence-electron chi connectivity index (χ2n) is 6.55. The van der Waals surface area contributed by atoms with Gasteiger partial charge in [0.25, 0.3) is 0 Å². The van der Waals surface area contributed by atoms with Gasteiger partial charge in [-0.1, -0.05) is 26.7 Å². The Morgan fingerprint density at radius 1 is 1.33 bits per heavy atom. The summed E-state index contributed by atoms with van der Waals surface area (Å²) in [7, 11) is 0. The zero-order chi connectivity index (χ0) is 13.3. The molecule has 0 aromatic heterocycles. The van der Waals surface area contributed by atoms with Gasteiger partial charge in [-0.3, -0.25) is 4.79 Å². The van der Waals surface area contributed by atoms with Crippen molar-refractivity contribution < 1.29 is 4.79 Å². The molecule has 3 N–H and O–H groups in total. The molecule has 0 aromatic carbocycles. The Hall–Kier alpha value is -0.570. The van der Waals surface area contributed by atoms with Crippen LogP contribution < -0.4 is 11.1 Å². The van der Waals surface area contributed by atoms with Gasteiger partial charge in [0.15, 0.2) is 0 Å². The van der Waals surface area contributed by atoms with Crippen molar-refractivity contribution in [2.75, 3.05) is 0 Å². The molecule has 104 valence electrons. The van der Waals surface area contributed by atoms with Crippen molar-refractivity contribution in [2.24, 2.45) is 29.4 Å². The van der Waals surface area contributed by atoms with Crippen LogP contribution in [0.25, 0.3) is 0 Å². The Balaban J connectivity index is 1.84. The lowest BCUT2D eigenvalue weighted by atomic mass is 9.83. The quantitative estimate of drug-likeness (QED) is 0.789. The van der Waals surface area contributed by atoms with Crippen molar-refractivity contribution in [3.05, 3.63) is 0 Å². The number of fused-ring (bicyclic) bond motifs is 2. The van der Waals surface area contributed by atoms with E-state index in [9.17, 15) is 4.79 Å². The second kappa shape index (κ2) is 5.60. The molecule has 2 aliphatic rings. The fourth-order valence-corrected chi connectivity index (χ4v) is 3.85. The third-order valence-corrected chi connectivity index (χ3v) is 5.36. The summed E-state index contributed by atoms with van der Waals surface area (Å²) in [6.45, 7) is 6.29. The van der Waals surface area contributed by atoms with Crippen LogP contribution >= 0.6 is 0 Å². The minimum absolute atomic E-state index is 0.0413. The minimum atomic E-state index is -0.351. The monoisotopic (exact) mass is 252 g/mol. The zero-order valence-electron chi connectivity index (χ0n) is 12.0. The number of carbonyl (C=O) groups is 1. The highest BCUT2D eigenvalue weighted by Gasteiger charge is 2.42. The first kappa shape index (κ1) is 13.9. The Kier molecular flexibility index (Phi) is 4.31. The van der Waals surface area contributed by atoms with E-state index in [2.05, 4.69) is 19.2 Å². The maximum Gasteiger partial charge on any atom is 0.237 e. The summed E-state index contributed by atoms with van der Waals surface area (Å²) in [5.74, 6) is 2.78. The standard InChI is InChI=1S/C15H28N2O/c1-4-9(2)14(16)15(18)17-10(3)13-8-11-5-6-12(13)7-11/h9-14H,4-8,16H2,1-3H3,(H,17,18)/t9?,10?,11?,12?,13?,14-/m0/s1. The highest BCUT2D eigenvalue weighted by molar-refractivity contribution is 5.82. The van der Waals surface area contributed by atoms with E-state index in [4.69, 9.17) is 5.73 Å². The number of hydrogen-bond acceptors (Lipinski definition) is 2. The van der Waals surface area contributed by atoms with E-state index in [1.54, 1.807) is 0 Å². The third-order valence-electron chi connectivity index (χ3n) is 5.36. The van der Waals surface area contributed by atoms with Crippen molar-refractivity contribution in [3.63, 3.8) is 0 Å². The van der Waals surface area contributed by atoms with Gasteiger partial charge in [-0.15, -0.1) is 0 Å². The van der Waals surface area contributed by atoms with Crippen LogP contribution in [0.15, 0.2) is 0 Å². The average Bonchev–Trinajstić information content (AvgIpc) is 2.98. The molecule has 2 saturated carbocycles. The number of rotatable bonds is 5. The van der Waals surface area contributed by atoms with Crippen LogP contribution in [-0.4, -0.2) is 18.0 Å². The molecular weight excluding hydrogens is 224 g/mol. The largest absolute Gasteiger partial charge is 0.352 e. The molecule has 0 aromatic rings. The number of nitrogens with two attached hydrogens (primary N) is 1. The van der Waals surface area contributed by atoms with Crippen LogP contribution in [0.3, 0.4) is 0 Å². The third kappa shape index (κ3) is 2.71. The molecule has 3 heteroatoms. The fraction of sp³-hybridized carbons (Fsp3) is 0.933. The van der Waals surface area contributed by atoms with Crippen LogP contribution in [0.5, 0.6) is 0 Å². The van der Waals surface area contributed by atoms with Crippen LogP contribution in [0, 0.1) is 23.7 Å². The van der Waals surface area contributed by atoms with Crippen LogP contribution in [-0.2, 0) is 4.79 Å². The van der Waals surface area contributed by atoms with Crippen molar-refractivity contribution in [2.45, 2.75) is 65.0 Å². The Labute approximate surface area is 111 Å². The summed E-state index contributed by atoms with van der Waals surface area (Å²) in [6, 6.07) is -0.0565. The first-order chi connectivity index (χ1) is 8.52. The maximum absolute atomic E-state index is 12.1. The summed E-state index contributed by atoms with van der Waals surface area (Å²) in [4.78, 5) is 12.1. The van der Waals surface area contributed by atoms with Gasteiger partial charge >= 0.3 is 0 Å². The molecule has 6 atom stereocenters. The van der Waals surface area contributed by atoms with E-state index < -0.39 is 0 Å². The van der Waals surface area contributed by atoms with Gasteiger partial charge in [0.05, 0.1) is 6.04 Å². The van der Waals surface area contributed by atoms with Gasteiger partial charge in [-0.25, -0.2) is 0 Å². The fourth-order valence-electron chi connectivity index (χ4n) is 3.85. The highest BCUT2D eigenvalue weighted by atomic mass is 16.2. The minimum Gasteiger partial charge on any atom is -0.352 e. The number of nitrogens with one attached hydrogen (secondary N) is 1. The van der Waals surface area contributed by atoms with Gasteiger partial charge < -0.3 is 11.1 Å². The average molecular weight is 252 g/mol. The highest BCUT2D eigenvalue weighted by Crippen LogP contribution is 2.49. The smallest absolute Gasteiger partial charge is 0.237 e. The summed E-state index contributed by atoms with van der Waals surface area (Å²) in [5.41, 5.74) is 5.98. The normalized spacial score (nSPS) is 35.2. The molecule has 0 saturated heterocycles. The predicted octanol–water partition coefficient (Wildman–Crippen LogP) is 2.30. The van der Waals surface area contributed by atoms with Crippen molar-refractivity contribution >= 4 is 5.91 Å². The van der Waals surface area contributed by atoms with Gasteiger partial charge in [-0.05, 0) is 49.9 Å². The second-order valence-corrected chi connectivity index (χ2v) is 6.55. The molecule has 18 heavy (non-hydrogen) atoms. The zero-order valence-corrected chi connectivity index (χ0v) is 12.0. The van der Waals surface area contributed by atoms with Crippen molar-refractivity contribution in [1.29, 1.82) is 0 Å². The van der Waals surface area contributed by atoms with E-state index in [1.165, 1.54) is 25.7 Å². The molecule has 5 unspecified atom stereocenters. The van der Waals surface area contributed by atoms with Gasteiger partial charge in [-0.2, -0.15) is 0 Å². The molecule has 0 radical (unpaired) electrons. The number of carbonyl (C=O) groups excluding carboxylic acids is 1. The maximum atomic E-state index is 12.1. The van der Waals surface area contributed by atoms with Crippen LogP contribution in [0.4, 0.5) is 0 Å². The lowest BCUT2D eigenvalue weighted by Crippen LogP contribution is -2.50. The van der Waals surface area contributed by atoms with E-state index >= 15 is 0 Å². The van der Waals surface area contributed by atoms with Crippen LogP contribution in [0.2, 0.25) is 0 Å². The first-order valence-corrected chi connectivity index (χ1v) is 7.58. The van der Waals surface area contributed by atoms with E-state index in [-0.39, 0.29) is 17.9 Å². The molecule has 0 spiro atoms. The molecule has 0 heterocycles. The molecule has 2 fully saturated rings. The Morgan fingerprint density at radius 3 is 2.56 bits per heavy atom. The van der Waals surface area contributed by atoms with Gasteiger partial charge in [0, 0.05) is 6.04 Å². The molecule has 3 nitrogen and oxygen atoms in total. The molecule has 0 aliphatic heterocycles. The Morgan fingerprint density at radius 2 is 2.06 bits per heavy atom. The van der Waals surface area contributed by atoms with Crippen LogP contribution in [0.1, 0.15) is 52.9 Å². The SMILES string of the molecule is CCC(C)[C@H](N)C(=O)NC(C)C1CC2CCC1C2. The number of amides is 1. The van der Waals surface area contributed by atoms with E-state index in [0.717, 1.165) is 18.3 Å². The molecule has 2 aliphatic carbocycles. The molecule has 2 bridgehead atoms. The topological polar surface area (TPSA) is 55.1 Å². The number of hydrogen-bond donors (Lipinski definition) is 2.